The van der Waals surface area contributed by atoms with Crippen LogP contribution in [0.5, 0.6) is 0 Å². The van der Waals surface area contributed by atoms with Gasteiger partial charge in [-0.1, -0.05) is 13.8 Å². The molecule has 0 aromatic heterocycles. The van der Waals surface area contributed by atoms with Crippen molar-refractivity contribution in [1.82, 2.24) is 5.32 Å². The summed E-state index contributed by atoms with van der Waals surface area (Å²) >= 11 is 0. The maximum atomic E-state index is 13.5. The quantitative estimate of drug-likeness (QED) is 0.793. The highest BCUT2D eigenvalue weighted by molar-refractivity contribution is 6.09. The molecule has 2 N–H and O–H groups in total. The van der Waals surface area contributed by atoms with Gasteiger partial charge in [0.2, 0.25) is 11.8 Å². The van der Waals surface area contributed by atoms with Crippen molar-refractivity contribution in [2.24, 2.45) is 11.3 Å². The summed E-state index contributed by atoms with van der Waals surface area (Å²) in [4.78, 5) is 24.3. The van der Waals surface area contributed by atoms with Crippen LogP contribution in [-0.2, 0) is 9.59 Å². The molecule has 122 valence electrons. The van der Waals surface area contributed by atoms with Crippen LogP contribution in [0.15, 0.2) is 18.2 Å². The second kappa shape index (κ2) is 7.33. The maximum absolute atomic E-state index is 13.5. The van der Waals surface area contributed by atoms with E-state index in [2.05, 4.69) is 10.6 Å². The van der Waals surface area contributed by atoms with Gasteiger partial charge in [0.1, 0.15) is 17.0 Å². The van der Waals surface area contributed by atoms with Gasteiger partial charge < -0.3 is 10.6 Å². The van der Waals surface area contributed by atoms with Crippen LogP contribution in [0.3, 0.4) is 0 Å². The Morgan fingerprint density at radius 2 is 1.82 bits per heavy atom. The Balaban J connectivity index is 2.71. The van der Waals surface area contributed by atoms with E-state index >= 15 is 0 Å². The number of halogens is 2. The number of benzene rings is 1. The summed E-state index contributed by atoms with van der Waals surface area (Å²) in [5, 5.41) is 5.01. The zero-order chi connectivity index (χ0) is 16.9. The number of amides is 2. The molecule has 0 saturated carbocycles. The van der Waals surface area contributed by atoms with Crippen molar-refractivity contribution < 1.29 is 18.4 Å². The first kappa shape index (κ1) is 18.1. The first-order chi connectivity index (χ1) is 10.1. The second-order valence-electron chi connectivity index (χ2n) is 6.14. The van der Waals surface area contributed by atoms with E-state index in [-0.39, 0.29) is 5.69 Å². The van der Waals surface area contributed by atoms with Gasteiger partial charge in [-0.05, 0) is 38.3 Å². The van der Waals surface area contributed by atoms with E-state index in [9.17, 15) is 18.4 Å². The average molecular weight is 312 g/mol. The van der Waals surface area contributed by atoms with E-state index in [4.69, 9.17) is 0 Å². The van der Waals surface area contributed by atoms with E-state index in [1.807, 2.05) is 13.8 Å². The molecule has 0 aliphatic rings. The minimum atomic E-state index is -1.36. The summed E-state index contributed by atoms with van der Waals surface area (Å²) < 4.78 is 26.4. The first-order valence-electron chi connectivity index (χ1n) is 7.19. The van der Waals surface area contributed by atoms with Crippen molar-refractivity contribution in [2.75, 3.05) is 11.9 Å². The van der Waals surface area contributed by atoms with Crippen LogP contribution in [0.4, 0.5) is 14.5 Å². The average Bonchev–Trinajstić information content (AvgIpc) is 2.41. The first-order valence-corrected chi connectivity index (χ1v) is 7.19. The number of carbonyl (C=O) groups is 2. The summed E-state index contributed by atoms with van der Waals surface area (Å²) in [7, 11) is 0. The van der Waals surface area contributed by atoms with Gasteiger partial charge >= 0.3 is 0 Å². The Hall–Kier alpha value is -1.98. The van der Waals surface area contributed by atoms with Gasteiger partial charge in [-0.3, -0.25) is 9.59 Å². The molecule has 0 atom stereocenters. The number of carbonyl (C=O) groups excluding carboxylic acids is 2. The molecule has 6 heteroatoms. The summed E-state index contributed by atoms with van der Waals surface area (Å²) in [6.07, 6.45) is 0.802. The topological polar surface area (TPSA) is 58.2 Å². The number of anilines is 1. The number of nitrogens with one attached hydrogen (secondary N) is 2. The van der Waals surface area contributed by atoms with Gasteiger partial charge in [-0.15, -0.1) is 0 Å². The van der Waals surface area contributed by atoms with Gasteiger partial charge in [0.15, 0.2) is 0 Å². The molecular weight excluding hydrogens is 290 g/mol. The Kier molecular flexibility index (Phi) is 6.02. The van der Waals surface area contributed by atoms with Crippen LogP contribution < -0.4 is 10.6 Å². The van der Waals surface area contributed by atoms with Crippen molar-refractivity contribution in [3.63, 3.8) is 0 Å². The lowest BCUT2D eigenvalue weighted by atomic mass is 9.90. The minimum absolute atomic E-state index is 0.158. The Labute approximate surface area is 129 Å². The largest absolute Gasteiger partial charge is 0.355 e. The monoisotopic (exact) mass is 312 g/mol. The summed E-state index contributed by atoms with van der Waals surface area (Å²) in [6, 6.07) is 2.83. The zero-order valence-electron chi connectivity index (χ0n) is 13.3. The lowest BCUT2D eigenvalue weighted by molar-refractivity contribution is -0.138. The zero-order valence-corrected chi connectivity index (χ0v) is 13.3. The van der Waals surface area contributed by atoms with Crippen LogP contribution in [0.2, 0.25) is 0 Å². The van der Waals surface area contributed by atoms with Crippen LogP contribution in [0, 0.1) is 23.0 Å². The van der Waals surface area contributed by atoms with Crippen molar-refractivity contribution in [3.05, 3.63) is 29.8 Å². The number of rotatable bonds is 6. The SMILES string of the molecule is CC(C)CCNC(=O)C(C)(C)C(=O)Nc1ccc(F)cc1F. The fourth-order valence-electron chi connectivity index (χ4n) is 1.67. The molecule has 1 aromatic carbocycles. The molecule has 0 aliphatic carbocycles. The molecule has 0 bridgehead atoms. The highest BCUT2D eigenvalue weighted by Crippen LogP contribution is 2.21. The van der Waals surface area contributed by atoms with Crippen LogP contribution >= 0.6 is 0 Å². The molecule has 1 rings (SSSR count). The molecule has 0 saturated heterocycles. The molecule has 2 amide bonds. The smallest absolute Gasteiger partial charge is 0.239 e. The Morgan fingerprint density at radius 1 is 1.18 bits per heavy atom. The molecule has 0 unspecified atom stereocenters. The van der Waals surface area contributed by atoms with Gasteiger partial charge in [-0.25, -0.2) is 8.78 Å². The molecule has 0 heterocycles. The molecule has 0 aliphatic heterocycles. The van der Waals surface area contributed by atoms with Crippen molar-refractivity contribution in [2.45, 2.75) is 34.1 Å². The van der Waals surface area contributed by atoms with Gasteiger partial charge in [0.05, 0.1) is 5.69 Å². The summed E-state index contributed by atoms with van der Waals surface area (Å²) in [5.74, 6) is -2.27. The third-order valence-electron chi connectivity index (χ3n) is 3.32. The Bertz CT molecular complexity index is 557. The van der Waals surface area contributed by atoms with Crippen LogP contribution in [0.1, 0.15) is 34.1 Å². The normalized spacial score (nSPS) is 11.4. The summed E-state index contributed by atoms with van der Waals surface area (Å²) in [6.45, 7) is 7.43. The predicted octanol–water partition coefficient (Wildman–Crippen LogP) is 3.09. The molecule has 0 spiro atoms. The summed E-state index contributed by atoms with van der Waals surface area (Å²) in [5.41, 5.74) is -1.52. The number of hydrogen-bond acceptors (Lipinski definition) is 2. The van der Waals surface area contributed by atoms with Crippen LogP contribution in [0.25, 0.3) is 0 Å². The predicted molar refractivity (Wildman–Crippen MR) is 81.2 cm³/mol. The van der Waals surface area contributed by atoms with Crippen molar-refractivity contribution in [1.29, 1.82) is 0 Å². The second-order valence-corrected chi connectivity index (χ2v) is 6.14. The fourth-order valence-corrected chi connectivity index (χ4v) is 1.67. The molecule has 1 aromatic rings. The van der Waals surface area contributed by atoms with Crippen molar-refractivity contribution >= 4 is 17.5 Å². The van der Waals surface area contributed by atoms with E-state index in [1.54, 1.807) is 0 Å². The minimum Gasteiger partial charge on any atom is -0.355 e. The van der Waals surface area contributed by atoms with Gasteiger partial charge in [-0.2, -0.15) is 0 Å². The molecule has 4 nitrogen and oxygen atoms in total. The lowest BCUT2D eigenvalue weighted by Crippen LogP contribution is -2.45. The third kappa shape index (κ3) is 4.79. The number of hydrogen-bond donors (Lipinski definition) is 2. The van der Waals surface area contributed by atoms with Gasteiger partial charge in [0.25, 0.3) is 0 Å². The Morgan fingerprint density at radius 3 is 2.36 bits per heavy atom. The van der Waals surface area contributed by atoms with E-state index in [1.165, 1.54) is 13.8 Å². The maximum Gasteiger partial charge on any atom is 0.239 e. The standard InChI is InChI=1S/C16H22F2N2O2/c1-10(2)7-8-19-14(21)16(3,4)15(22)20-13-6-5-11(17)9-12(13)18/h5-6,9-10H,7-8H2,1-4H3,(H,19,21)(H,20,22). The van der Waals surface area contributed by atoms with Gasteiger partial charge in [0, 0.05) is 12.6 Å². The molecular formula is C16H22F2N2O2. The fraction of sp³-hybridized carbons (Fsp3) is 0.500. The van der Waals surface area contributed by atoms with Crippen molar-refractivity contribution in [3.8, 4) is 0 Å². The van der Waals surface area contributed by atoms with Crippen LogP contribution in [-0.4, -0.2) is 18.4 Å². The third-order valence-corrected chi connectivity index (χ3v) is 3.32. The lowest BCUT2D eigenvalue weighted by Gasteiger charge is -2.23. The van der Waals surface area contributed by atoms with E-state index < -0.39 is 28.9 Å². The highest BCUT2D eigenvalue weighted by Gasteiger charge is 2.36. The molecule has 0 fully saturated rings. The van der Waals surface area contributed by atoms with E-state index in [0.717, 1.165) is 18.6 Å². The highest BCUT2D eigenvalue weighted by atomic mass is 19.1. The molecule has 0 radical (unpaired) electrons. The molecule has 22 heavy (non-hydrogen) atoms. The van der Waals surface area contributed by atoms with E-state index in [0.29, 0.717) is 18.5 Å².